The molecule has 152 valence electrons. The van der Waals surface area contributed by atoms with Crippen molar-refractivity contribution in [3.63, 3.8) is 0 Å². The molecule has 0 radical (unpaired) electrons. The zero-order chi connectivity index (χ0) is 21.2. The first-order chi connectivity index (χ1) is 15.2. The Morgan fingerprint density at radius 2 is 1.74 bits per heavy atom. The van der Waals surface area contributed by atoms with Crippen LogP contribution in [0.1, 0.15) is 27.0 Å². The van der Waals surface area contributed by atoms with E-state index >= 15 is 0 Å². The minimum Gasteiger partial charge on any atom is -0.365 e. The van der Waals surface area contributed by atoms with Crippen LogP contribution in [0.25, 0.3) is 11.1 Å². The molecule has 1 aliphatic carbocycles. The third kappa shape index (κ3) is 4.00. The maximum Gasteiger partial charge on any atom is 0.255 e. The lowest BCUT2D eigenvalue weighted by Crippen LogP contribution is -2.14. The van der Waals surface area contributed by atoms with Crippen molar-refractivity contribution in [3.05, 3.63) is 106 Å². The highest BCUT2D eigenvalue weighted by molar-refractivity contribution is 6.29. The van der Waals surface area contributed by atoms with Crippen molar-refractivity contribution in [1.29, 1.82) is 0 Å². The van der Waals surface area contributed by atoms with Crippen molar-refractivity contribution in [1.82, 2.24) is 10.2 Å². The lowest BCUT2D eigenvalue weighted by atomic mass is 10.0. The second-order valence-electron chi connectivity index (χ2n) is 7.41. The lowest BCUT2D eigenvalue weighted by molar-refractivity contribution is 0.102. The summed E-state index contributed by atoms with van der Waals surface area (Å²) in [7, 11) is 0. The number of aromatic nitrogens is 2. The minimum atomic E-state index is -0.0988. The van der Waals surface area contributed by atoms with E-state index in [9.17, 15) is 4.79 Å². The maximum absolute atomic E-state index is 13.1. The fourth-order valence-electron chi connectivity index (χ4n) is 3.93. The number of anilines is 2. The first-order valence-corrected chi connectivity index (χ1v) is 10.4. The van der Waals surface area contributed by atoms with E-state index in [0.29, 0.717) is 23.1 Å². The molecule has 1 aliphatic rings. The fraction of sp³-hybridized carbons (Fsp3) is 0.0800. The summed E-state index contributed by atoms with van der Waals surface area (Å²) >= 11 is 5.77. The Balaban J connectivity index is 1.32. The number of hydrogen-bond acceptors (Lipinski definition) is 4. The van der Waals surface area contributed by atoms with E-state index in [-0.39, 0.29) is 5.91 Å². The van der Waals surface area contributed by atoms with Gasteiger partial charge in [-0.05, 0) is 64.6 Å². The summed E-state index contributed by atoms with van der Waals surface area (Å²) in [6.07, 6.45) is 0.779. The van der Waals surface area contributed by atoms with Crippen molar-refractivity contribution in [2.75, 3.05) is 10.6 Å². The molecule has 1 heterocycles. The fourth-order valence-corrected chi connectivity index (χ4v) is 4.03. The molecule has 0 fully saturated rings. The van der Waals surface area contributed by atoms with Crippen LogP contribution >= 0.6 is 11.6 Å². The van der Waals surface area contributed by atoms with Crippen LogP contribution in [-0.4, -0.2) is 16.1 Å². The van der Waals surface area contributed by atoms with E-state index in [1.807, 2.05) is 48.5 Å². The summed E-state index contributed by atoms with van der Waals surface area (Å²) in [5.74, 6) is 0.539. The van der Waals surface area contributed by atoms with Crippen molar-refractivity contribution < 1.29 is 4.79 Å². The number of amides is 1. The molecule has 3 aromatic carbocycles. The summed E-state index contributed by atoms with van der Waals surface area (Å²) in [5, 5.41) is 14.4. The van der Waals surface area contributed by atoms with Gasteiger partial charge in [0.05, 0.1) is 0 Å². The average Bonchev–Trinajstić information content (AvgIpc) is 3.18. The third-order valence-electron chi connectivity index (χ3n) is 5.39. The third-order valence-corrected chi connectivity index (χ3v) is 5.59. The van der Waals surface area contributed by atoms with E-state index < -0.39 is 0 Å². The van der Waals surface area contributed by atoms with Crippen LogP contribution in [0, 0.1) is 0 Å². The summed E-state index contributed by atoms with van der Waals surface area (Å²) in [6.45, 7) is 0.552. The maximum atomic E-state index is 13.1. The van der Waals surface area contributed by atoms with Crippen molar-refractivity contribution >= 4 is 29.0 Å². The molecule has 0 spiro atoms. The second-order valence-corrected chi connectivity index (χ2v) is 7.80. The largest absolute Gasteiger partial charge is 0.365 e. The van der Waals surface area contributed by atoms with Crippen molar-refractivity contribution in [2.45, 2.75) is 13.0 Å². The molecule has 0 bridgehead atoms. The molecule has 0 saturated heterocycles. The van der Waals surface area contributed by atoms with Crippen LogP contribution in [-0.2, 0) is 13.0 Å². The highest BCUT2D eigenvalue weighted by atomic mass is 35.5. The van der Waals surface area contributed by atoms with E-state index in [2.05, 4.69) is 39.0 Å². The Bertz CT molecular complexity index is 1270. The number of halogens is 1. The van der Waals surface area contributed by atoms with Gasteiger partial charge in [-0.2, -0.15) is 0 Å². The van der Waals surface area contributed by atoms with Gasteiger partial charge in [-0.25, -0.2) is 0 Å². The van der Waals surface area contributed by atoms with Crippen LogP contribution in [0.2, 0.25) is 5.15 Å². The molecule has 1 amide bonds. The molecule has 4 aromatic rings. The quantitative estimate of drug-likeness (QED) is 0.385. The van der Waals surface area contributed by atoms with Gasteiger partial charge in [0, 0.05) is 17.8 Å². The smallest absolute Gasteiger partial charge is 0.255 e. The zero-order valence-electron chi connectivity index (χ0n) is 16.6. The van der Waals surface area contributed by atoms with Crippen LogP contribution in [0.4, 0.5) is 11.5 Å². The van der Waals surface area contributed by atoms with Gasteiger partial charge in [0.15, 0.2) is 5.15 Å². The Morgan fingerprint density at radius 3 is 2.61 bits per heavy atom. The number of rotatable bonds is 5. The molecule has 6 heteroatoms. The molecule has 5 nitrogen and oxygen atoms in total. The standard InChI is InChI=1S/C25H19ClN4O/c26-23-11-12-24(30-29-23)27-15-16-5-3-7-18(13-16)28-25(31)21-10-4-9-20-19-8-2-1-6-17(19)14-22(20)21/h1-13H,14-15H2,(H,27,30)(H,28,31). The highest BCUT2D eigenvalue weighted by Gasteiger charge is 2.23. The summed E-state index contributed by atoms with van der Waals surface area (Å²) < 4.78 is 0. The first kappa shape index (κ1) is 19.3. The van der Waals surface area contributed by atoms with Gasteiger partial charge < -0.3 is 10.6 Å². The minimum absolute atomic E-state index is 0.0988. The number of fused-ring (bicyclic) bond motifs is 3. The average molecular weight is 427 g/mol. The van der Waals surface area contributed by atoms with Gasteiger partial charge in [0.25, 0.3) is 5.91 Å². The van der Waals surface area contributed by atoms with Crippen LogP contribution in [0.3, 0.4) is 0 Å². The van der Waals surface area contributed by atoms with Gasteiger partial charge in [-0.1, -0.05) is 60.1 Å². The molecular weight excluding hydrogens is 408 g/mol. The van der Waals surface area contributed by atoms with E-state index in [1.54, 1.807) is 12.1 Å². The zero-order valence-corrected chi connectivity index (χ0v) is 17.4. The number of nitrogens with one attached hydrogen (secondary N) is 2. The van der Waals surface area contributed by atoms with Gasteiger partial charge in [-0.3, -0.25) is 4.79 Å². The molecule has 2 N–H and O–H groups in total. The lowest BCUT2D eigenvalue weighted by Gasteiger charge is -2.11. The topological polar surface area (TPSA) is 66.9 Å². The van der Waals surface area contributed by atoms with E-state index in [4.69, 9.17) is 11.6 Å². The van der Waals surface area contributed by atoms with Gasteiger partial charge in [0.1, 0.15) is 5.82 Å². The summed E-state index contributed by atoms with van der Waals surface area (Å²) in [5.41, 5.74) is 7.18. The number of carbonyl (C=O) groups is 1. The SMILES string of the molecule is O=C(Nc1cccc(CNc2ccc(Cl)nn2)c1)c1cccc2c1Cc1ccccc1-2. The molecule has 31 heavy (non-hydrogen) atoms. The number of carbonyl (C=O) groups excluding carboxylic acids is 1. The van der Waals surface area contributed by atoms with Gasteiger partial charge in [0.2, 0.25) is 0 Å². The Labute approximate surface area is 185 Å². The number of nitrogens with zero attached hydrogens (tertiary/aromatic N) is 2. The van der Waals surface area contributed by atoms with Crippen LogP contribution in [0.15, 0.2) is 78.9 Å². The molecule has 0 atom stereocenters. The van der Waals surface area contributed by atoms with Crippen LogP contribution < -0.4 is 10.6 Å². The monoisotopic (exact) mass is 426 g/mol. The predicted octanol–water partition coefficient (Wildman–Crippen LogP) is 5.57. The number of hydrogen-bond donors (Lipinski definition) is 2. The van der Waals surface area contributed by atoms with Crippen molar-refractivity contribution in [2.24, 2.45) is 0 Å². The Hall–Kier alpha value is -3.70. The predicted molar refractivity (Wildman–Crippen MR) is 123 cm³/mol. The van der Waals surface area contributed by atoms with E-state index in [0.717, 1.165) is 28.8 Å². The van der Waals surface area contributed by atoms with Gasteiger partial charge >= 0.3 is 0 Å². The Kier molecular flexibility index (Phi) is 5.10. The van der Waals surface area contributed by atoms with E-state index in [1.165, 1.54) is 11.1 Å². The second kappa shape index (κ2) is 8.20. The first-order valence-electron chi connectivity index (χ1n) is 10.0. The molecule has 0 aliphatic heterocycles. The van der Waals surface area contributed by atoms with Gasteiger partial charge in [-0.15, -0.1) is 10.2 Å². The van der Waals surface area contributed by atoms with Crippen LogP contribution in [0.5, 0.6) is 0 Å². The molecule has 0 saturated carbocycles. The molecular formula is C25H19ClN4O. The number of benzene rings is 3. The highest BCUT2D eigenvalue weighted by Crippen LogP contribution is 2.38. The Morgan fingerprint density at radius 1 is 0.903 bits per heavy atom. The van der Waals surface area contributed by atoms with Crippen molar-refractivity contribution in [3.8, 4) is 11.1 Å². The summed E-state index contributed by atoms with van der Waals surface area (Å²) in [4.78, 5) is 13.1. The molecule has 5 rings (SSSR count). The molecule has 1 aromatic heterocycles. The normalized spacial score (nSPS) is 11.5. The summed E-state index contributed by atoms with van der Waals surface area (Å²) in [6, 6.07) is 25.5. The molecule has 0 unspecified atom stereocenters.